The van der Waals surface area contributed by atoms with Gasteiger partial charge in [0.25, 0.3) is 0 Å². The van der Waals surface area contributed by atoms with Gasteiger partial charge < -0.3 is 0 Å². The standard InChI is InChI=1S/C27H20/c1-19-11-10-18-23-22-16-8-9-17-24(22)26(20-12-4-2-5-13-20)27(25(19)23)21-14-6-3-7-15-21/h2-18H,1H3. The molecule has 0 nitrogen and oxygen atoms in total. The Balaban J connectivity index is 2.09. The fourth-order valence-corrected chi connectivity index (χ4v) is 4.22. The molecule has 5 rings (SSSR count). The van der Waals surface area contributed by atoms with E-state index >= 15 is 0 Å². The predicted octanol–water partition coefficient (Wildman–Crippen LogP) is 7.64. The number of fused-ring (bicyclic) bond motifs is 3. The fourth-order valence-electron chi connectivity index (χ4n) is 4.22. The molecule has 0 heterocycles. The average molecular weight is 344 g/mol. The normalized spacial score (nSPS) is 11.1. The monoisotopic (exact) mass is 344 g/mol. The van der Waals surface area contributed by atoms with Gasteiger partial charge in [-0.25, -0.2) is 0 Å². The molecular weight excluding hydrogens is 324 g/mol. The van der Waals surface area contributed by atoms with Crippen molar-refractivity contribution in [3.05, 3.63) is 109 Å². The Hall–Kier alpha value is -3.38. The van der Waals surface area contributed by atoms with E-state index in [0.29, 0.717) is 0 Å². The van der Waals surface area contributed by atoms with Crippen LogP contribution in [0.5, 0.6) is 0 Å². The predicted molar refractivity (Wildman–Crippen MR) is 117 cm³/mol. The molecule has 0 heteroatoms. The Kier molecular flexibility index (Phi) is 3.76. The molecule has 0 fully saturated rings. The van der Waals surface area contributed by atoms with Gasteiger partial charge in [-0.2, -0.15) is 0 Å². The molecule has 0 bridgehead atoms. The van der Waals surface area contributed by atoms with Crippen LogP contribution in [-0.2, 0) is 0 Å². The molecule has 128 valence electrons. The van der Waals surface area contributed by atoms with Crippen LogP contribution < -0.4 is 0 Å². The lowest BCUT2D eigenvalue weighted by atomic mass is 9.84. The van der Waals surface area contributed by atoms with Crippen LogP contribution in [0.3, 0.4) is 0 Å². The summed E-state index contributed by atoms with van der Waals surface area (Å²) < 4.78 is 0. The molecule has 27 heavy (non-hydrogen) atoms. The van der Waals surface area contributed by atoms with Crippen molar-refractivity contribution in [2.24, 2.45) is 0 Å². The molecular formula is C27H20. The summed E-state index contributed by atoms with van der Waals surface area (Å²) in [6, 6.07) is 37.0. The van der Waals surface area contributed by atoms with Crippen molar-refractivity contribution in [3.63, 3.8) is 0 Å². The summed E-state index contributed by atoms with van der Waals surface area (Å²) in [4.78, 5) is 0. The highest BCUT2D eigenvalue weighted by Crippen LogP contribution is 2.45. The van der Waals surface area contributed by atoms with E-state index in [2.05, 4.69) is 110 Å². The van der Waals surface area contributed by atoms with Crippen molar-refractivity contribution in [1.29, 1.82) is 0 Å². The summed E-state index contributed by atoms with van der Waals surface area (Å²) in [5.41, 5.74) is 6.49. The summed E-state index contributed by atoms with van der Waals surface area (Å²) in [5.74, 6) is 0. The fraction of sp³-hybridized carbons (Fsp3) is 0.0370. The van der Waals surface area contributed by atoms with Gasteiger partial charge in [-0.15, -0.1) is 0 Å². The second-order valence-electron chi connectivity index (χ2n) is 7.03. The first-order chi connectivity index (χ1) is 13.3. The zero-order valence-corrected chi connectivity index (χ0v) is 15.3. The van der Waals surface area contributed by atoms with Crippen LogP contribution >= 0.6 is 0 Å². The maximum absolute atomic E-state index is 2.26. The van der Waals surface area contributed by atoms with Gasteiger partial charge >= 0.3 is 0 Å². The van der Waals surface area contributed by atoms with E-state index in [9.17, 15) is 0 Å². The molecule has 0 aliphatic carbocycles. The quantitative estimate of drug-likeness (QED) is 0.289. The topological polar surface area (TPSA) is 0 Å². The highest BCUT2D eigenvalue weighted by Gasteiger charge is 2.18. The van der Waals surface area contributed by atoms with E-state index in [0.717, 1.165) is 0 Å². The van der Waals surface area contributed by atoms with E-state index < -0.39 is 0 Å². The Bertz CT molecular complexity index is 1250. The second-order valence-corrected chi connectivity index (χ2v) is 7.03. The summed E-state index contributed by atoms with van der Waals surface area (Å²) in [7, 11) is 0. The lowest BCUT2D eigenvalue weighted by Crippen LogP contribution is -1.93. The van der Waals surface area contributed by atoms with Gasteiger partial charge in [0, 0.05) is 0 Å². The Morgan fingerprint density at radius 1 is 0.407 bits per heavy atom. The van der Waals surface area contributed by atoms with Crippen molar-refractivity contribution < 1.29 is 0 Å². The van der Waals surface area contributed by atoms with Gasteiger partial charge in [0.05, 0.1) is 0 Å². The summed E-state index contributed by atoms with van der Waals surface area (Å²) in [6.07, 6.45) is 0. The summed E-state index contributed by atoms with van der Waals surface area (Å²) in [6.45, 7) is 2.22. The first-order valence-corrected chi connectivity index (χ1v) is 9.39. The Labute approximate surface area is 159 Å². The Morgan fingerprint density at radius 2 is 0.926 bits per heavy atom. The summed E-state index contributed by atoms with van der Waals surface area (Å²) >= 11 is 0. The third-order valence-corrected chi connectivity index (χ3v) is 5.38. The minimum atomic E-state index is 1.26. The number of benzene rings is 5. The van der Waals surface area contributed by atoms with E-state index in [1.165, 1.54) is 49.4 Å². The minimum Gasteiger partial charge on any atom is -0.0622 e. The SMILES string of the molecule is Cc1cccc2c1c(-c1ccccc1)c(-c1ccccc1)c1ccccc12. The van der Waals surface area contributed by atoms with Crippen molar-refractivity contribution in [1.82, 2.24) is 0 Å². The maximum atomic E-state index is 2.26. The lowest BCUT2D eigenvalue weighted by molar-refractivity contribution is 1.53. The Morgan fingerprint density at radius 3 is 1.59 bits per heavy atom. The minimum absolute atomic E-state index is 1.26. The zero-order valence-electron chi connectivity index (χ0n) is 15.3. The molecule has 0 spiro atoms. The van der Waals surface area contributed by atoms with E-state index in [1.54, 1.807) is 0 Å². The van der Waals surface area contributed by atoms with Gasteiger partial charge in [-0.05, 0) is 56.3 Å². The van der Waals surface area contributed by atoms with Crippen LogP contribution in [0.1, 0.15) is 5.56 Å². The molecule has 0 amide bonds. The first-order valence-electron chi connectivity index (χ1n) is 9.39. The van der Waals surface area contributed by atoms with Crippen LogP contribution in [0.4, 0.5) is 0 Å². The molecule has 0 aliphatic rings. The highest BCUT2D eigenvalue weighted by molar-refractivity contribution is 6.22. The van der Waals surface area contributed by atoms with Crippen LogP contribution in [0.15, 0.2) is 103 Å². The zero-order chi connectivity index (χ0) is 18.2. The van der Waals surface area contributed by atoms with Gasteiger partial charge in [-0.3, -0.25) is 0 Å². The van der Waals surface area contributed by atoms with Gasteiger partial charge in [0.1, 0.15) is 0 Å². The molecule has 0 atom stereocenters. The molecule has 0 unspecified atom stereocenters. The molecule has 0 saturated heterocycles. The van der Waals surface area contributed by atoms with Crippen molar-refractivity contribution in [3.8, 4) is 22.3 Å². The number of hydrogen-bond donors (Lipinski definition) is 0. The second kappa shape index (κ2) is 6.41. The summed E-state index contributed by atoms with van der Waals surface area (Å²) in [5, 5.41) is 5.29. The van der Waals surface area contributed by atoms with E-state index in [4.69, 9.17) is 0 Å². The van der Waals surface area contributed by atoms with Gasteiger partial charge in [-0.1, -0.05) is 103 Å². The molecule has 0 aromatic heterocycles. The third kappa shape index (κ3) is 2.53. The van der Waals surface area contributed by atoms with E-state index in [-0.39, 0.29) is 0 Å². The third-order valence-electron chi connectivity index (χ3n) is 5.38. The largest absolute Gasteiger partial charge is 0.0622 e. The molecule has 5 aromatic rings. The molecule has 0 N–H and O–H groups in total. The number of hydrogen-bond acceptors (Lipinski definition) is 0. The van der Waals surface area contributed by atoms with Crippen molar-refractivity contribution in [2.45, 2.75) is 6.92 Å². The first kappa shape index (κ1) is 15.8. The molecule has 0 aliphatic heterocycles. The van der Waals surface area contributed by atoms with Crippen LogP contribution in [0, 0.1) is 6.92 Å². The number of aryl methyl sites for hydroxylation is 1. The molecule has 0 radical (unpaired) electrons. The van der Waals surface area contributed by atoms with Gasteiger partial charge in [0.15, 0.2) is 0 Å². The lowest BCUT2D eigenvalue weighted by Gasteiger charge is -2.19. The van der Waals surface area contributed by atoms with Crippen molar-refractivity contribution in [2.75, 3.05) is 0 Å². The van der Waals surface area contributed by atoms with Crippen LogP contribution in [-0.4, -0.2) is 0 Å². The molecule has 0 saturated carbocycles. The van der Waals surface area contributed by atoms with E-state index in [1.807, 2.05) is 0 Å². The van der Waals surface area contributed by atoms with Crippen LogP contribution in [0.2, 0.25) is 0 Å². The van der Waals surface area contributed by atoms with Crippen LogP contribution in [0.25, 0.3) is 43.8 Å². The van der Waals surface area contributed by atoms with Crippen molar-refractivity contribution >= 4 is 21.5 Å². The smallest absolute Gasteiger partial charge is 0.00177 e. The highest BCUT2D eigenvalue weighted by atomic mass is 14.2. The number of rotatable bonds is 2. The average Bonchev–Trinajstić information content (AvgIpc) is 2.74. The molecule has 5 aromatic carbocycles. The maximum Gasteiger partial charge on any atom is -0.00177 e. The van der Waals surface area contributed by atoms with Gasteiger partial charge in [0.2, 0.25) is 0 Å².